The number of aliphatic carboxylic acids is 1. The van der Waals surface area contributed by atoms with Crippen LogP contribution in [-0.2, 0) is 16.1 Å². The van der Waals surface area contributed by atoms with E-state index in [1.807, 2.05) is 18.2 Å². The number of nitrogens with one attached hydrogen (secondary N) is 1. The topological polar surface area (TPSA) is 75.6 Å². The molecule has 0 fully saturated rings. The molecule has 2 N–H and O–H groups in total. The number of amides is 1. The first-order valence-electron chi connectivity index (χ1n) is 5.18. The molecular weight excluding hydrogens is 222 g/mol. The summed E-state index contributed by atoms with van der Waals surface area (Å²) in [5.41, 5.74) is 0.806. The van der Waals surface area contributed by atoms with Crippen LogP contribution < -0.4 is 10.1 Å². The Balaban J connectivity index is 2.61. The number of carboxylic acid groups (broad SMARTS) is 1. The molecule has 0 aliphatic carbocycles. The quantitative estimate of drug-likeness (QED) is 0.750. The van der Waals surface area contributed by atoms with Gasteiger partial charge < -0.3 is 15.2 Å². The molecule has 17 heavy (non-hydrogen) atoms. The van der Waals surface area contributed by atoms with Crippen LogP contribution in [-0.4, -0.2) is 24.1 Å². The summed E-state index contributed by atoms with van der Waals surface area (Å²) in [7, 11) is 1.54. The molecule has 5 nitrogen and oxygen atoms in total. The molecular formula is C12H15NO4. The summed E-state index contributed by atoms with van der Waals surface area (Å²) in [5, 5.41) is 11.2. The maximum atomic E-state index is 11.4. The van der Waals surface area contributed by atoms with Gasteiger partial charge >= 0.3 is 5.97 Å². The summed E-state index contributed by atoms with van der Waals surface area (Å²) >= 11 is 0. The highest BCUT2D eigenvalue weighted by Crippen LogP contribution is 2.16. The van der Waals surface area contributed by atoms with Gasteiger partial charge in [-0.2, -0.15) is 0 Å². The van der Waals surface area contributed by atoms with E-state index in [4.69, 9.17) is 9.84 Å². The van der Waals surface area contributed by atoms with Gasteiger partial charge in [0, 0.05) is 12.1 Å². The predicted molar refractivity (Wildman–Crippen MR) is 61.6 cm³/mol. The maximum absolute atomic E-state index is 11.4. The molecule has 1 amide bonds. The number of carboxylic acids is 1. The third kappa shape index (κ3) is 3.48. The van der Waals surface area contributed by atoms with Gasteiger partial charge in [-0.25, -0.2) is 0 Å². The van der Waals surface area contributed by atoms with Crippen molar-refractivity contribution in [2.45, 2.75) is 13.5 Å². The van der Waals surface area contributed by atoms with Gasteiger partial charge in [0.25, 0.3) is 0 Å². The first-order chi connectivity index (χ1) is 8.06. The van der Waals surface area contributed by atoms with E-state index in [2.05, 4.69) is 5.32 Å². The molecule has 1 aromatic carbocycles. The zero-order valence-corrected chi connectivity index (χ0v) is 9.77. The molecule has 0 aliphatic heterocycles. The maximum Gasteiger partial charge on any atom is 0.315 e. The van der Waals surface area contributed by atoms with E-state index in [9.17, 15) is 9.59 Å². The highest BCUT2D eigenvalue weighted by molar-refractivity contribution is 5.96. The number of carbonyl (C=O) groups excluding carboxylic acids is 1. The second-order valence-electron chi connectivity index (χ2n) is 3.59. The van der Waals surface area contributed by atoms with Crippen molar-refractivity contribution in [3.8, 4) is 5.75 Å². The molecule has 1 aromatic rings. The Kier molecular flexibility index (Phi) is 4.51. The minimum atomic E-state index is -1.14. The second-order valence-corrected chi connectivity index (χ2v) is 3.59. The molecule has 0 bridgehead atoms. The Morgan fingerprint density at radius 3 is 2.65 bits per heavy atom. The summed E-state index contributed by atoms with van der Waals surface area (Å²) in [6, 6.07) is 7.24. The van der Waals surface area contributed by atoms with Gasteiger partial charge in [-0.05, 0) is 13.0 Å². The van der Waals surface area contributed by atoms with Crippen LogP contribution in [0.5, 0.6) is 5.75 Å². The van der Waals surface area contributed by atoms with Gasteiger partial charge in [0.2, 0.25) is 5.91 Å². The van der Waals surface area contributed by atoms with Crippen LogP contribution in [0.25, 0.3) is 0 Å². The average Bonchev–Trinajstić information content (AvgIpc) is 2.35. The first-order valence-corrected chi connectivity index (χ1v) is 5.18. The normalized spacial score (nSPS) is 11.6. The van der Waals surface area contributed by atoms with E-state index >= 15 is 0 Å². The second kappa shape index (κ2) is 5.89. The van der Waals surface area contributed by atoms with Crippen molar-refractivity contribution < 1.29 is 19.4 Å². The highest BCUT2D eigenvalue weighted by Gasteiger charge is 2.20. The van der Waals surface area contributed by atoms with Crippen molar-refractivity contribution in [2.24, 2.45) is 5.92 Å². The third-order valence-corrected chi connectivity index (χ3v) is 2.41. The highest BCUT2D eigenvalue weighted by atomic mass is 16.5. The molecule has 0 saturated carbocycles. The van der Waals surface area contributed by atoms with Crippen LogP contribution >= 0.6 is 0 Å². The van der Waals surface area contributed by atoms with Crippen LogP contribution in [0.2, 0.25) is 0 Å². The number of ether oxygens (including phenoxy) is 1. The molecule has 1 rings (SSSR count). The summed E-state index contributed by atoms with van der Waals surface area (Å²) < 4.78 is 5.12. The van der Waals surface area contributed by atoms with E-state index in [-0.39, 0.29) is 6.54 Å². The summed E-state index contributed by atoms with van der Waals surface area (Å²) in [6.45, 7) is 1.60. The van der Waals surface area contributed by atoms with Crippen LogP contribution in [0.1, 0.15) is 12.5 Å². The van der Waals surface area contributed by atoms with Crippen molar-refractivity contribution in [2.75, 3.05) is 7.11 Å². The van der Waals surface area contributed by atoms with Gasteiger partial charge in [0.15, 0.2) is 0 Å². The molecule has 0 aliphatic rings. The summed E-state index contributed by atoms with van der Waals surface area (Å²) in [4.78, 5) is 22.0. The Morgan fingerprint density at radius 1 is 1.41 bits per heavy atom. The monoisotopic (exact) mass is 237 g/mol. The number of hydrogen-bond donors (Lipinski definition) is 2. The molecule has 1 atom stereocenters. The SMILES string of the molecule is COc1ccccc1CNC(=O)C(C)C(=O)O. The van der Waals surface area contributed by atoms with Gasteiger partial charge in [-0.3, -0.25) is 9.59 Å². The smallest absolute Gasteiger partial charge is 0.315 e. The zero-order valence-electron chi connectivity index (χ0n) is 9.77. The van der Waals surface area contributed by atoms with E-state index < -0.39 is 17.8 Å². The van der Waals surface area contributed by atoms with Crippen LogP contribution in [0.3, 0.4) is 0 Å². The average molecular weight is 237 g/mol. The van der Waals surface area contributed by atoms with Crippen molar-refractivity contribution >= 4 is 11.9 Å². The van der Waals surface area contributed by atoms with Crippen molar-refractivity contribution in [3.63, 3.8) is 0 Å². The number of para-hydroxylation sites is 1. The zero-order chi connectivity index (χ0) is 12.8. The van der Waals surface area contributed by atoms with Crippen LogP contribution in [0.15, 0.2) is 24.3 Å². The van der Waals surface area contributed by atoms with Gasteiger partial charge in [-0.1, -0.05) is 18.2 Å². The first kappa shape index (κ1) is 13.0. The van der Waals surface area contributed by atoms with E-state index in [1.165, 1.54) is 6.92 Å². The van der Waals surface area contributed by atoms with Crippen molar-refractivity contribution in [1.29, 1.82) is 0 Å². The fourth-order valence-electron chi connectivity index (χ4n) is 1.30. The predicted octanol–water partition coefficient (Wildman–Crippen LogP) is 1.03. The molecule has 92 valence electrons. The number of carbonyl (C=O) groups is 2. The summed E-state index contributed by atoms with van der Waals surface area (Å²) in [6.07, 6.45) is 0. The summed E-state index contributed by atoms with van der Waals surface area (Å²) in [5.74, 6) is -2.04. The van der Waals surface area contributed by atoms with Gasteiger partial charge in [-0.15, -0.1) is 0 Å². The van der Waals surface area contributed by atoms with E-state index in [1.54, 1.807) is 13.2 Å². The molecule has 0 aromatic heterocycles. The molecule has 0 spiro atoms. The number of rotatable bonds is 5. The number of methoxy groups -OCH3 is 1. The van der Waals surface area contributed by atoms with Crippen molar-refractivity contribution in [1.82, 2.24) is 5.32 Å². The van der Waals surface area contributed by atoms with Gasteiger partial charge in [0.1, 0.15) is 11.7 Å². The lowest BCUT2D eigenvalue weighted by molar-refractivity contribution is -0.146. The largest absolute Gasteiger partial charge is 0.496 e. The van der Waals surface area contributed by atoms with E-state index in [0.717, 1.165) is 5.56 Å². The molecule has 1 unspecified atom stereocenters. The fourth-order valence-corrected chi connectivity index (χ4v) is 1.30. The van der Waals surface area contributed by atoms with Crippen molar-refractivity contribution in [3.05, 3.63) is 29.8 Å². The molecule has 5 heteroatoms. The van der Waals surface area contributed by atoms with Gasteiger partial charge in [0.05, 0.1) is 7.11 Å². The van der Waals surface area contributed by atoms with Crippen LogP contribution in [0.4, 0.5) is 0 Å². The number of hydrogen-bond acceptors (Lipinski definition) is 3. The number of benzene rings is 1. The lowest BCUT2D eigenvalue weighted by Gasteiger charge is -2.11. The third-order valence-electron chi connectivity index (χ3n) is 2.41. The van der Waals surface area contributed by atoms with Crippen LogP contribution in [0, 0.1) is 5.92 Å². The minimum absolute atomic E-state index is 0.250. The Hall–Kier alpha value is -2.04. The Labute approximate surface area is 99.4 Å². The van der Waals surface area contributed by atoms with E-state index in [0.29, 0.717) is 5.75 Å². The fraction of sp³-hybridized carbons (Fsp3) is 0.333. The molecule has 0 heterocycles. The molecule has 0 saturated heterocycles. The standard InChI is InChI=1S/C12H15NO4/c1-8(12(15)16)11(14)13-7-9-5-3-4-6-10(9)17-2/h3-6,8H,7H2,1-2H3,(H,13,14)(H,15,16). The lowest BCUT2D eigenvalue weighted by Crippen LogP contribution is -2.33. The lowest BCUT2D eigenvalue weighted by atomic mass is 10.1. The Bertz CT molecular complexity index is 417. The minimum Gasteiger partial charge on any atom is -0.496 e. The molecule has 0 radical (unpaired) electrons. The Morgan fingerprint density at radius 2 is 2.06 bits per heavy atom.